The third-order valence-corrected chi connectivity index (χ3v) is 2.84. The minimum absolute atomic E-state index is 0.0536. The molecule has 0 atom stereocenters. The normalized spacial score (nSPS) is 10.4. The summed E-state index contributed by atoms with van der Waals surface area (Å²) in [5.41, 5.74) is 2.34. The van der Waals surface area contributed by atoms with Crippen molar-refractivity contribution in [3.8, 4) is 0 Å². The Morgan fingerprint density at radius 3 is 2.61 bits per heavy atom. The van der Waals surface area contributed by atoms with Crippen molar-refractivity contribution in [2.75, 3.05) is 13.2 Å². The third kappa shape index (κ3) is 4.84. The lowest BCUT2D eigenvalue weighted by atomic mass is 10.1. The zero-order valence-corrected chi connectivity index (χ0v) is 11.2. The van der Waals surface area contributed by atoms with Gasteiger partial charge in [-0.3, -0.25) is 9.78 Å². The number of pyridine rings is 1. The summed E-state index contributed by atoms with van der Waals surface area (Å²) in [6.07, 6.45) is 3.84. The van der Waals surface area contributed by atoms with Gasteiger partial charge < -0.3 is 10.4 Å². The van der Waals surface area contributed by atoms with E-state index < -0.39 is 0 Å². The standard InChI is InChI=1S/C14H22N2O2/c1-11-7-8-13(12(2)16-11)14(18)15-9-5-3-4-6-10-17/h7-8,17H,3-6,9-10H2,1-2H3,(H,15,18). The SMILES string of the molecule is Cc1ccc(C(=O)NCCCCCCO)c(C)n1. The van der Waals surface area contributed by atoms with Crippen LogP contribution in [0.25, 0.3) is 0 Å². The van der Waals surface area contributed by atoms with Gasteiger partial charge in [0, 0.05) is 18.8 Å². The molecule has 0 radical (unpaired) electrons. The Morgan fingerprint density at radius 2 is 1.94 bits per heavy atom. The lowest BCUT2D eigenvalue weighted by molar-refractivity contribution is 0.0951. The van der Waals surface area contributed by atoms with Crippen LogP contribution in [0.1, 0.15) is 47.4 Å². The summed E-state index contributed by atoms with van der Waals surface area (Å²) < 4.78 is 0. The van der Waals surface area contributed by atoms with Crippen LogP contribution in [0, 0.1) is 13.8 Å². The molecule has 4 nitrogen and oxygen atoms in total. The van der Waals surface area contributed by atoms with E-state index in [4.69, 9.17) is 5.11 Å². The van der Waals surface area contributed by atoms with Crippen molar-refractivity contribution in [3.63, 3.8) is 0 Å². The molecular weight excluding hydrogens is 228 g/mol. The van der Waals surface area contributed by atoms with E-state index in [9.17, 15) is 4.79 Å². The van der Waals surface area contributed by atoms with Crippen LogP contribution in [-0.4, -0.2) is 29.1 Å². The second-order valence-electron chi connectivity index (χ2n) is 4.48. The molecule has 4 heteroatoms. The molecule has 0 unspecified atom stereocenters. The second kappa shape index (κ2) is 7.82. The van der Waals surface area contributed by atoms with Gasteiger partial charge in [-0.2, -0.15) is 0 Å². The van der Waals surface area contributed by atoms with Gasteiger partial charge in [-0.15, -0.1) is 0 Å². The topological polar surface area (TPSA) is 62.2 Å². The summed E-state index contributed by atoms with van der Waals surface area (Å²) in [5.74, 6) is -0.0536. The van der Waals surface area contributed by atoms with Crippen LogP contribution in [0.3, 0.4) is 0 Å². The van der Waals surface area contributed by atoms with Crippen LogP contribution in [0.15, 0.2) is 12.1 Å². The molecule has 1 rings (SSSR count). The van der Waals surface area contributed by atoms with Crippen LogP contribution in [0.4, 0.5) is 0 Å². The fourth-order valence-electron chi connectivity index (χ4n) is 1.81. The first-order valence-electron chi connectivity index (χ1n) is 6.48. The number of hydrogen-bond donors (Lipinski definition) is 2. The average Bonchev–Trinajstić information content (AvgIpc) is 2.33. The number of aliphatic hydroxyl groups is 1. The van der Waals surface area contributed by atoms with E-state index in [1.165, 1.54) is 0 Å². The van der Waals surface area contributed by atoms with Gasteiger partial charge in [0.1, 0.15) is 0 Å². The zero-order valence-electron chi connectivity index (χ0n) is 11.2. The molecule has 0 bridgehead atoms. The van der Waals surface area contributed by atoms with Crippen LogP contribution in [-0.2, 0) is 0 Å². The Morgan fingerprint density at radius 1 is 1.22 bits per heavy atom. The number of amides is 1. The van der Waals surface area contributed by atoms with Gasteiger partial charge in [0.15, 0.2) is 0 Å². The van der Waals surface area contributed by atoms with Gasteiger partial charge in [-0.05, 0) is 38.8 Å². The lowest BCUT2D eigenvalue weighted by Gasteiger charge is -2.07. The summed E-state index contributed by atoms with van der Waals surface area (Å²) in [5, 5.41) is 11.5. The van der Waals surface area contributed by atoms with Crippen LogP contribution < -0.4 is 5.32 Å². The number of nitrogens with zero attached hydrogens (tertiary/aromatic N) is 1. The van der Waals surface area contributed by atoms with Crippen molar-refractivity contribution in [2.24, 2.45) is 0 Å². The molecule has 2 N–H and O–H groups in total. The minimum Gasteiger partial charge on any atom is -0.396 e. The Balaban J connectivity index is 2.32. The maximum absolute atomic E-state index is 11.9. The number of carbonyl (C=O) groups excluding carboxylic acids is 1. The molecule has 0 fully saturated rings. The van der Waals surface area contributed by atoms with E-state index >= 15 is 0 Å². The molecule has 0 aliphatic heterocycles. The van der Waals surface area contributed by atoms with Gasteiger partial charge in [-0.1, -0.05) is 12.8 Å². The molecule has 1 heterocycles. The van der Waals surface area contributed by atoms with Gasteiger partial charge in [-0.25, -0.2) is 0 Å². The van der Waals surface area contributed by atoms with Gasteiger partial charge in [0.2, 0.25) is 0 Å². The number of aromatic nitrogens is 1. The average molecular weight is 250 g/mol. The Labute approximate surface area is 108 Å². The molecular formula is C14H22N2O2. The van der Waals surface area contributed by atoms with Crippen LogP contribution in [0.5, 0.6) is 0 Å². The fraction of sp³-hybridized carbons (Fsp3) is 0.571. The maximum Gasteiger partial charge on any atom is 0.253 e. The number of aryl methyl sites for hydroxylation is 2. The van der Waals surface area contributed by atoms with Crippen LogP contribution >= 0.6 is 0 Å². The molecule has 1 amide bonds. The first kappa shape index (κ1) is 14.6. The van der Waals surface area contributed by atoms with E-state index in [0.717, 1.165) is 37.1 Å². The molecule has 0 saturated carbocycles. The van der Waals surface area contributed by atoms with Gasteiger partial charge in [0.05, 0.1) is 11.3 Å². The highest BCUT2D eigenvalue weighted by Crippen LogP contribution is 2.06. The number of aliphatic hydroxyl groups excluding tert-OH is 1. The van der Waals surface area contributed by atoms with Crippen molar-refractivity contribution >= 4 is 5.91 Å². The van der Waals surface area contributed by atoms with E-state index in [1.807, 2.05) is 26.0 Å². The molecule has 1 aromatic rings. The van der Waals surface area contributed by atoms with Crippen LogP contribution in [0.2, 0.25) is 0 Å². The highest BCUT2D eigenvalue weighted by atomic mass is 16.2. The quantitative estimate of drug-likeness (QED) is 0.727. The first-order valence-corrected chi connectivity index (χ1v) is 6.48. The van der Waals surface area contributed by atoms with E-state index in [-0.39, 0.29) is 12.5 Å². The van der Waals surface area contributed by atoms with Gasteiger partial charge >= 0.3 is 0 Å². The number of nitrogens with one attached hydrogen (secondary N) is 1. The summed E-state index contributed by atoms with van der Waals surface area (Å²) in [6.45, 7) is 4.69. The lowest BCUT2D eigenvalue weighted by Crippen LogP contribution is -2.25. The van der Waals surface area contributed by atoms with E-state index in [2.05, 4.69) is 10.3 Å². The van der Waals surface area contributed by atoms with Crippen molar-refractivity contribution in [1.29, 1.82) is 0 Å². The van der Waals surface area contributed by atoms with Crippen molar-refractivity contribution in [2.45, 2.75) is 39.5 Å². The summed E-state index contributed by atoms with van der Waals surface area (Å²) in [7, 11) is 0. The minimum atomic E-state index is -0.0536. The maximum atomic E-state index is 11.9. The second-order valence-corrected chi connectivity index (χ2v) is 4.48. The number of unbranched alkanes of at least 4 members (excludes halogenated alkanes) is 3. The molecule has 0 aromatic carbocycles. The molecule has 0 saturated heterocycles. The number of hydrogen-bond acceptors (Lipinski definition) is 3. The highest BCUT2D eigenvalue weighted by molar-refractivity contribution is 5.95. The van der Waals surface area contributed by atoms with Gasteiger partial charge in [0.25, 0.3) is 5.91 Å². The predicted molar refractivity (Wildman–Crippen MR) is 71.6 cm³/mol. The molecule has 1 aromatic heterocycles. The summed E-state index contributed by atoms with van der Waals surface area (Å²) >= 11 is 0. The molecule has 0 aliphatic rings. The monoisotopic (exact) mass is 250 g/mol. The molecule has 0 spiro atoms. The first-order chi connectivity index (χ1) is 8.65. The molecule has 18 heavy (non-hydrogen) atoms. The van der Waals surface area contributed by atoms with Crippen molar-refractivity contribution < 1.29 is 9.90 Å². The molecule has 0 aliphatic carbocycles. The zero-order chi connectivity index (χ0) is 13.4. The summed E-state index contributed by atoms with van der Waals surface area (Å²) in [6, 6.07) is 3.67. The van der Waals surface area contributed by atoms with Crippen molar-refractivity contribution in [1.82, 2.24) is 10.3 Å². The largest absolute Gasteiger partial charge is 0.396 e. The Hall–Kier alpha value is -1.42. The summed E-state index contributed by atoms with van der Waals surface area (Å²) in [4.78, 5) is 16.1. The smallest absolute Gasteiger partial charge is 0.253 e. The molecule has 100 valence electrons. The highest BCUT2D eigenvalue weighted by Gasteiger charge is 2.08. The number of rotatable bonds is 7. The Bertz CT molecular complexity index is 391. The van der Waals surface area contributed by atoms with Crippen molar-refractivity contribution in [3.05, 3.63) is 29.1 Å². The number of carbonyl (C=O) groups is 1. The van der Waals surface area contributed by atoms with E-state index in [0.29, 0.717) is 12.1 Å². The fourth-order valence-corrected chi connectivity index (χ4v) is 1.81. The Kier molecular flexibility index (Phi) is 6.36. The third-order valence-electron chi connectivity index (χ3n) is 2.84. The van der Waals surface area contributed by atoms with E-state index in [1.54, 1.807) is 0 Å². The predicted octanol–water partition coefficient (Wildman–Crippen LogP) is 1.98.